The lowest BCUT2D eigenvalue weighted by Gasteiger charge is -2.14. The topological polar surface area (TPSA) is 44.8 Å². The number of carbonyl (C=O) groups is 1. The molecule has 2 rings (SSSR count). The molecule has 0 heterocycles. The van der Waals surface area contributed by atoms with Crippen LogP contribution in [0.5, 0.6) is 17.2 Å². The molecule has 0 aliphatic carbocycles. The Hall–Kier alpha value is -2.49. The molecule has 0 fully saturated rings. The lowest BCUT2D eigenvalue weighted by atomic mass is 10.1. The number of esters is 1. The van der Waals surface area contributed by atoms with Crippen LogP contribution in [-0.2, 0) is 6.42 Å². The van der Waals surface area contributed by atoms with Crippen molar-refractivity contribution in [1.82, 2.24) is 0 Å². The van der Waals surface area contributed by atoms with Gasteiger partial charge in [0.15, 0.2) is 11.5 Å². The molecule has 0 aliphatic heterocycles. The van der Waals surface area contributed by atoms with Crippen molar-refractivity contribution in [2.24, 2.45) is 0 Å². The van der Waals surface area contributed by atoms with Crippen molar-refractivity contribution < 1.29 is 19.0 Å². The van der Waals surface area contributed by atoms with Crippen molar-refractivity contribution >= 4 is 5.97 Å². The number of ether oxygens (including phenoxy) is 3. The molecule has 0 saturated heterocycles. The monoisotopic (exact) mass is 300 g/mol. The second-order valence-electron chi connectivity index (χ2n) is 4.62. The minimum absolute atomic E-state index is 0.388. The number of aryl methyl sites for hydroxylation is 1. The van der Waals surface area contributed by atoms with E-state index >= 15 is 0 Å². The minimum atomic E-state index is -0.455. The lowest BCUT2D eigenvalue weighted by Crippen LogP contribution is -2.12. The van der Waals surface area contributed by atoms with Crippen LogP contribution in [0.2, 0.25) is 0 Å². The van der Waals surface area contributed by atoms with E-state index in [0.29, 0.717) is 29.4 Å². The average Bonchev–Trinajstić information content (AvgIpc) is 2.55. The summed E-state index contributed by atoms with van der Waals surface area (Å²) in [5, 5.41) is 0. The lowest BCUT2D eigenvalue weighted by molar-refractivity contribution is 0.0725. The van der Waals surface area contributed by atoms with Crippen LogP contribution in [0, 0.1) is 0 Å². The van der Waals surface area contributed by atoms with Gasteiger partial charge in [-0.25, -0.2) is 4.79 Å². The van der Waals surface area contributed by atoms with Gasteiger partial charge in [-0.15, -0.1) is 0 Å². The van der Waals surface area contributed by atoms with E-state index in [1.807, 2.05) is 32.0 Å². The molecule has 22 heavy (non-hydrogen) atoms. The van der Waals surface area contributed by atoms with Gasteiger partial charge in [0.25, 0.3) is 0 Å². The van der Waals surface area contributed by atoms with E-state index in [2.05, 4.69) is 0 Å². The number of para-hydroxylation sites is 3. The summed E-state index contributed by atoms with van der Waals surface area (Å²) in [5.41, 5.74) is 1.41. The molecule has 4 heteroatoms. The summed E-state index contributed by atoms with van der Waals surface area (Å²) in [7, 11) is 1.54. The van der Waals surface area contributed by atoms with Crippen LogP contribution in [0.15, 0.2) is 42.5 Å². The maximum Gasteiger partial charge on any atom is 0.347 e. The van der Waals surface area contributed by atoms with Crippen LogP contribution in [0.25, 0.3) is 0 Å². The van der Waals surface area contributed by atoms with Gasteiger partial charge in [-0.05, 0) is 37.1 Å². The zero-order valence-corrected chi connectivity index (χ0v) is 13.1. The first-order valence-electron chi connectivity index (χ1n) is 7.31. The van der Waals surface area contributed by atoms with Gasteiger partial charge >= 0.3 is 5.97 Å². The van der Waals surface area contributed by atoms with Gasteiger partial charge in [-0.2, -0.15) is 0 Å². The van der Waals surface area contributed by atoms with Crippen molar-refractivity contribution in [1.29, 1.82) is 0 Å². The molecule has 116 valence electrons. The van der Waals surface area contributed by atoms with Gasteiger partial charge in [0.05, 0.1) is 13.7 Å². The van der Waals surface area contributed by atoms with Gasteiger partial charge in [0, 0.05) is 0 Å². The fourth-order valence-corrected chi connectivity index (χ4v) is 2.20. The van der Waals surface area contributed by atoms with Crippen molar-refractivity contribution in [3.8, 4) is 17.2 Å². The molecule has 0 aliphatic rings. The SMILES string of the molecule is CCOc1c(CC)cccc1C(=O)Oc1ccccc1OC. The Morgan fingerprint density at radius 1 is 1.00 bits per heavy atom. The summed E-state index contributed by atoms with van der Waals surface area (Å²) in [6.07, 6.45) is 0.783. The molecule has 0 atom stereocenters. The van der Waals surface area contributed by atoms with E-state index in [4.69, 9.17) is 14.2 Å². The third kappa shape index (κ3) is 3.39. The molecule has 0 amide bonds. The van der Waals surface area contributed by atoms with Crippen molar-refractivity contribution in [2.45, 2.75) is 20.3 Å². The Morgan fingerprint density at radius 2 is 1.73 bits per heavy atom. The smallest absolute Gasteiger partial charge is 0.347 e. The van der Waals surface area contributed by atoms with Gasteiger partial charge in [-0.1, -0.05) is 31.2 Å². The first-order valence-corrected chi connectivity index (χ1v) is 7.31. The Balaban J connectivity index is 2.33. The average molecular weight is 300 g/mol. The van der Waals surface area contributed by atoms with Crippen LogP contribution in [-0.4, -0.2) is 19.7 Å². The Bertz CT molecular complexity index is 649. The van der Waals surface area contributed by atoms with Gasteiger partial charge in [0.1, 0.15) is 11.3 Å². The van der Waals surface area contributed by atoms with E-state index in [1.165, 1.54) is 7.11 Å². The van der Waals surface area contributed by atoms with E-state index in [1.54, 1.807) is 24.3 Å². The Labute approximate surface area is 130 Å². The third-order valence-corrected chi connectivity index (χ3v) is 3.26. The number of benzene rings is 2. The van der Waals surface area contributed by atoms with E-state index < -0.39 is 5.97 Å². The molecule has 0 aromatic heterocycles. The molecule has 0 radical (unpaired) electrons. The minimum Gasteiger partial charge on any atom is -0.493 e. The second-order valence-corrected chi connectivity index (χ2v) is 4.62. The summed E-state index contributed by atoms with van der Waals surface area (Å²) in [4.78, 5) is 12.5. The van der Waals surface area contributed by atoms with E-state index in [9.17, 15) is 4.79 Å². The normalized spacial score (nSPS) is 10.1. The molecule has 4 nitrogen and oxygen atoms in total. The first kappa shape index (κ1) is 15.9. The van der Waals surface area contributed by atoms with Crippen LogP contribution < -0.4 is 14.2 Å². The fraction of sp³-hybridized carbons (Fsp3) is 0.278. The maximum absolute atomic E-state index is 12.5. The molecule has 2 aromatic rings. The van der Waals surface area contributed by atoms with Crippen LogP contribution >= 0.6 is 0 Å². The summed E-state index contributed by atoms with van der Waals surface area (Å²) in [6.45, 7) is 4.40. The highest BCUT2D eigenvalue weighted by molar-refractivity contribution is 5.94. The van der Waals surface area contributed by atoms with E-state index in [0.717, 1.165) is 12.0 Å². The predicted molar refractivity (Wildman–Crippen MR) is 84.9 cm³/mol. The van der Waals surface area contributed by atoms with Gasteiger partial charge in [-0.3, -0.25) is 0 Å². The number of rotatable bonds is 6. The highest BCUT2D eigenvalue weighted by atomic mass is 16.6. The van der Waals surface area contributed by atoms with Gasteiger partial charge < -0.3 is 14.2 Å². The van der Waals surface area contributed by atoms with Crippen molar-refractivity contribution in [3.63, 3.8) is 0 Å². The predicted octanol–water partition coefficient (Wildman–Crippen LogP) is 3.88. The molecule has 0 N–H and O–H groups in total. The fourth-order valence-electron chi connectivity index (χ4n) is 2.20. The first-order chi connectivity index (χ1) is 10.7. The van der Waals surface area contributed by atoms with E-state index in [-0.39, 0.29) is 0 Å². The van der Waals surface area contributed by atoms with Crippen LogP contribution in [0.1, 0.15) is 29.8 Å². The Kier molecular flexibility index (Phi) is 5.42. The molecular formula is C18H20O4. The standard InChI is InChI=1S/C18H20O4/c1-4-13-9-8-10-14(17(13)21-5-2)18(19)22-16-12-7-6-11-15(16)20-3/h6-12H,4-5H2,1-3H3. The number of carbonyl (C=O) groups excluding carboxylic acids is 1. The van der Waals surface area contributed by atoms with Crippen LogP contribution in [0.4, 0.5) is 0 Å². The highest BCUT2D eigenvalue weighted by Gasteiger charge is 2.18. The maximum atomic E-state index is 12.5. The quantitative estimate of drug-likeness (QED) is 0.600. The summed E-state index contributed by atoms with van der Waals surface area (Å²) >= 11 is 0. The second kappa shape index (κ2) is 7.50. The number of hydrogen-bond acceptors (Lipinski definition) is 4. The Morgan fingerprint density at radius 3 is 2.36 bits per heavy atom. The third-order valence-electron chi connectivity index (χ3n) is 3.26. The molecule has 0 spiro atoms. The molecule has 0 bridgehead atoms. The largest absolute Gasteiger partial charge is 0.493 e. The summed E-state index contributed by atoms with van der Waals surface area (Å²) < 4.78 is 16.3. The van der Waals surface area contributed by atoms with Crippen molar-refractivity contribution in [2.75, 3.05) is 13.7 Å². The molecule has 2 aromatic carbocycles. The van der Waals surface area contributed by atoms with Crippen molar-refractivity contribution in [3.05, 3.63) is 53.6 Å². The molecule has 0 saturated carbocycles. The zero-order valence-electron chi connectivity index (χ0n) is 13.1. The zero-order chi connectivity index (χ0) is 15.9. The molecule has 0 unspecified atom stereocenters. The summed E-state index contributed by atoms with van der Waals surface area (Å²) in [5.74, 6) is 1.04. The molecular weight excluding hydrogens is 280 g/mol. The summed E-state index contributed by atoms with van der Waals surface area (Å²) in [6, 6.07) is 12.5. The number of hydrogen-bond donors (Lipinski definition) is 0. The van der Waals surface area contributed by atoms with Gasteiger partial charge in [0.2, 0.25) is 0 Å². The highest BCUT2D eigenvalue weighted by Crippen LogP contribution is 2.30. The number of methoxy groups -OCH3 is 1. The van der Waals surface area contributed by atoms with Crippen LogP contribution in [0.3, 0.4) is 0 Å².